The summed E-state index contributed by atoms with van der Waals surface area (Å²) in [5.74, 6) is -0.350. The molecule has 0 saturated carbocycles. The van der Waals surface area contributed by atoms with E-state index in [0.29, 0.717) is 6.54 Å². The number of hydrogen-bond donors (Lipinski definition) is 1. The molecule has 0 radical (unpaired) electrons. The van der Waals surface area contributed by atoms with Crippen LogP contribution < -0.4 is 10.1 Å². The maximum atomic E-state index is 13.1. The van der Waals surface area contributed by atoms with Crippen molar-refractivity contribution in [1.82, 2.24) is 4.31 Å². The Morgan fingerprint density at radius 3 is 2.67 bits per heavy atom. The van der Waals surface area contributed by atoms with Gasteiger partial charge in [0.05, 0.1) is 22.6 Å². The first-order valence-electron chi connectivity index (χ1n) is 9.49. The highest BCUT2D eigenvalue weighted by Gasteiger charge is 2.31. The molecular weight excluding hydrogens is 410 g/mol. The number of ether oxygens (including phenoxy) is 1. The number of hydrogen-bond acceptors (Lipinski definition) is 6. The van der Waals surface area contributed by atoms with Gasteiger partial charge in [0.25, 0.3) is 11.6 Å². The van der Waals surface area contributed by atoms with Crippen LogP contribution in [0.2, 0.25) is 0 Å². The Morgan fingerprint density at radius 2 is 2.00 bits per heavy atom. The van der Waals surface area contributed by atoms with E-state index >= 15 is 0 Å². The number of nitrogens with one attached hydrogen (secondary N) is 1. The number of carbonyl (C=O) groups is 1. The molecule has 3 rings (SSSR count). The number of nitrogens with zero attached hydrogens (tertiary/aromatic N) is 2. The summed E-state index contributed by atoms with van der Waals surface area (Å²) >= 11 is 0. The SMILES string of the molecule is COc1ccc([N+](=O)[O-])cc1NC(=O)c1cccc(S(=O)(=O)N2CCCC[C@H]2C)c1. The van der Waals surface area contributed by atoms with E-state index in [1.165, 1.54) is 53.9 Å². The predicted molar refractivity (Wildman–Crippen MR) is 111 cm³/mol. The summed E-state index contributed by atoms with van der Waals surface area (Å²) in [6.07, 6.45) is 2.59. The monoisotopic (exact) mass is 433 g/mol. The van der Waals surface area contributed by atoms with Crippen molar-refractivity contribution in [3.05, 3.63) is 58.1 Å². The van der Waals surface area contributed by atoms with E-state index in [2.05, 4.69) is 5.32 Å². The molecule has 30 heavy (non-hydrogen) atoms. The van der Waals surface area contributed by atoms with Gasteiger partial charge in [0.1, 0.15) is 5.75 Å². The summed E-state index contributed by atoms with van der Waals surface area (Å²) in [6, 6.07) is 9.49. The minimum Gasteiger partial charge on any atom is -0.495 e. The molecule has 0 spiro atoms. The van der Waals surface area contributed by atoms with Crippen LogP contribution in [-0.2, 0) is 10.0 Å². The van der Waals surface area contributed by atoms with Crippen molar-refractivity contribution >= 4 is 27.3 Å². The van der Waals surface area contributed by atoms with Gasteiger partial charge in [0, 0.05) is 30.3 Å². The largest absolute Gasteiger partial charge is 0.495 e. The smallest absolute Gasteiger partial charge is 0.271 e. The van der Waals surface area contributed by atoms with Gasteiger partial charge in [-0.25, -0.2) is 8.42 Å². The van der Waals surface area contributed by atoms with Crippen LogP contribution in [0, 0.1) is 10.1 Å². The van der Waals surface area contributed by atoms with Crippen molar-refractivity contribution in [2.75, 3.05) is 19.0 Å². The van der Waals surface area contributed by atoms with E-state index < -0.39 is 20.9 Å². The summed E-state index contributed by atoms with van der Waals surface area (Å²) in [5.41, 5.74) is 0.0328. The molecule has 0 aliphatic carbocycles. The summed E-state index contributed by atoms with van der Waals surface area (Å²) < 4.78 is 32.7. The molecule has 0 bridgehead atoms. The van der Waals surface area contributed by atoms with Crippen LogP contribution in [0.3, 0.4) is 0 Å². The van der Waals surface area contributed by atoms with Crippen LogP contribution in [0.25, 0.3) is 0 Å². The number of sulfonamides is 1. The normalized spacial score (nSPS) is 17.3. The molecule has 9 nitrogen and oxygen atoms in total. The van der Waals surface area contributed by atoms with Gasteiger partial charge in [0.15, 0.2) is 0 Å². The molecule has 10 heteroatoms. The highest BCUT2D eigenvalue weighted by atomic mass is 32.2. The fourth-order valence-corrected chi connectivity index (χ4v) is 5.21. The quantitative estimate of drug-likeness (QED) is 0.551. The zero-order valence-corrected chi connectivity index (χ0v) is 17.5. The highest BCUT2D eigenvalue weighted by Crippen LogP contribution is 2.30. The van der Waals surface area contributed by atoms with E-state index in [9.17, 15) is 23.3 Å². The molecule has 1 saturated heterocycles. The number of non-ortho nitro benzene ring substituents is 1. The summed E-state index contributed by atoms with van der Waals surface area (Å²) in [6.45, 7) is 2.33. The third-order valence-corrected chi connectivity index (χ3v) is 7.10. The van der Waals surface area contributed by atoms with Crippen molar-refractivity contribution in [3.8, 4) is 5.75 Å². The van der Waals surface area contributed by atoms with Crippen LogP contribution in [-0.4, -0.2) is 43.2 Å². The first-order chi connectivity index (χ1) is 14.2. The zero-order valence-electron chi connectivity index (χ0n) is 16.7. The van der Waals surface area contributed by atoms with E-state index in [0.717, 1.165) is 19.3 Å². The van der Waals surface area contributed by atoms with E-state index in [-0.39, 0.29) is 33.6 Å². The minimum atomic E-state index is -3.73. The molecule has 0 aromatic heterocycles. The average Bonchev–Trinajstić information content (AvgIpc) is 2.73. The number of nitro groups is 1. The van der Waals surface area contributed by atoms with Gasteiger partial charge in [-0.3, -0.25) is 14.9 Å². The van der Waals surface area contributed by atoms with Crippen LogP contribution in [0.4, 0.5) is 11.4 Å². The third-order valence-electron chi connectivity index (χ3n) is 5.09. The molecule has 0 unspecified atom stereocenters. The first-order valence-corrected chi connectivity index (χ1v) is 10.9. The van der Waals surface area contributed by atoms with E-state index in [1.807, 2.05) is 6.92 Å². The summed E-state index contributed by atoms with van der Waals surface area (Å²) in [7, 11) is -2.35. The number of nitro benzene ring substituents is 1. The number of carbonyl (C=O) groups excluding carboxylic acids is 1. The fraction of sp³-hybridized carbons (Fsp3) is 0.350. The van der Waals surface area contributed by atoms with Crippen molar-refractivity contribution in [2.24, 2.45) is 0 Å². The van der Waals surface area contributed by atoms with Gasteiger partial charge < -0.3 is 10.1 Å². The number of amides is 1. The lowest BCUT2D eigenvalue weighted by Crippen LogP contribution is -2.41. The van der Waals surface area contributed by atoms with Gasteiger partial charge in [-0.2, -0.15) is 4.31 Å². The molecule has 1 amide bonds. The van der Waals surface area contributed by atoms with Crippen molar-refractivity contribution < 1.29 is 22.9 Å². The second-order valence-electron chi connectivity index (χ2n) is 7.08. The van der Waals surface area contributed by atoms with Crippen molar-refractivity contribution in [2.45, 2.75) is 37.1 Å². The Hall–Kier alpha value is -2.98. The van der Waals surface area contributed by atoms with Gasteiger partial charge in [0.2, 0.25) is 10.0 Å². The molecule has 2 aromatic rings. The van der Waals surface area contributed by atoms with Crippen LogP contribution in [0.5, 0.6) is 5.75 Å². The Morgan fingerprint density at radius 1 is 1.23 bits per heavy atom. The number of rotatable bonds is 6. The molecule has 160 valence electrons. The maximum absolute atomic E-state index is 13.1. The van der Waals surface area contributed by atoms with Gasteiger partial charge in [-0.15, -0.1) is 0 Å². The van der Waals surface area contributed by atoms with Crippen LogP contribution in [0.15, 0.2) is 47.4 Å². The number of methoxy groups -OCH3 is 1. The Kier molecular flexibility index (Phi) is 6.37. The van der Waals surface area contributed by atoms with Gasteiger partial charge >= 0.3 is 0 Å². The molecule has 1 aliphatic heterocycles. The maximum Gasteiger partial charge on any atom is 0.271 e. The van der Waals surface area contributed by atoms with Crippen LogP contribution >= 0.6 is 0 Å². The third kappa shape index (κ3) is 4.44. The molecule has 1 fully saturated rings. The summed E-state index contributed by atoms with van der Waals surface area (Å²) in [4.78, 5) is 23.2. The molecule has 1 N–H and O–H groups in total. The Bertz CT molecular complexity index is 1070. The lowest BCUT2D eigenvalue weighted by Gasteiger charge is -2.32. The second kappa shape index (κ2) is 8.80. The molecule has 1 atom stereocenters. The average molecular weight is 433 g/mol. The molecule has 1 heterocycles. The lowest BCUT2D eigenvalue weighted by molar-refractivity contribution is -0.384. The van der Waals surface area contributed by atoms with Crippen LogP contribution in [0.1, 0.15) is 36.5 Å². The van der Waals surface area contributed by atoms with Gasteiger partial charge in [-0.1, -0.05) is 12.5 Å². The van der Waals surface area contributed by atoms with E-state index in [4.69, 9.17) is 4.74 Å². The second-order valence-corrected chi connectivity index (χ2v) is 8.97. The highest BCUT2D eigenvalue weighted by molar-refractivity contribution is 7.89. The predicted octanol–water partition coefficient (Wildman–Crippen LogP) is 3.42. The topological polar surface area (TPSA) is 119 Å². The molecule has 1 aliphatic rings. The zero-order chi connectivity index (χ0) is 21.9. The number of benzene rings is 2. The number of anilines is 1. The van der Waals surface area contributed by atoms with Crippen molar-refractivity contribution in [1.29, 1.82) is 0 Å². The first kappa shape index (κ1) is 21.7. The van der Waals surface area contributed by atoms with Crippen molar-refractivity contribution in [3.63, 3.8) is 0 Å². The molecule has 2 aromatic carbocycles. The number of piperidine rings is 1. The standard InChI is InChI=1S/C20H23N3O6S/c1-14-6-3-4-11-22(14)30(27,28)17-8-5-7-15(12-17)20(24)21-18-13-16(23(25)26)9-10-19(18)29-2/h5,7-10,12-14H,3-4,6,11H2,1-2H3,(H,21,24)/t14-/m1/s1. The lowest BCUT2D eigenvalue weighted by atomic mass is 10.1. The molecular formula is C20H23N3O6S. The Labute approximate surface area is 174 Å². The fourth-order valence-electron chi connectivity index (χ4n) is 3.46. The summed E-state index contributed by atoms with van der Waals surface area (Å²) in [5, 5.41) is 13.6. The van der Waals surface area contributed by atoms with Gasteiger partial charge in [-0.05, 0) is 44.0 Å². The van der Waals surface area contributed by atoms with E-state index in [1.54, 1.807) is 0 Å². The Balaban J connectivity index is 1.88. The minimum absolute atomic E-state index is 0.0370.